The van der Waals surface area contributed by atoms with Crippen molar-refractivity contribution in [2.45, 2.75) is 32.4 Å². The van der Waals surface area contributed by atoms with Crippen molar-refractivity contribution >= 4 is 0 Å². The van der Waals surface area contributed by atoms with Crippen LogP contribution in [0.25, 0.3) is 0 Å². The number of halogens is 2. The maximum Gasteiger partial charge on any atom is 0.130 e. The molecule has 0 radical (unpaired) electrons. The van der Waals surface area contributed by atoms with Crippen molar-refractivity contribution in [1.82, 2.24) is 5.32 Å². The van der Waals surface area contributed by atoms with Crippen molar-refractivity contribution in [2.24, 2.45) is 5.92 Å². The van der Waals surface area contributed by atoms with E-state index in [0.717, 1.165) is 18.8 Å². The monoisotopic (exact) mass is 211 g/mol. The molecule has 0 amide bonds. The van der Waals surface area contributed by atoms with Crippen LogP contribution >= 0.6 is 0 Å². The molecule has 1 aliphatic carbocycles. The molecule has 0 bridgehead atoms. The molecule has 1 N–H and O–H groups in total. The molecule has 0 spiro atoms. The van der Waals surface area contributed by atoms with Crippen LogP contribution in [-0.2, 0) is 6.54 Å². The Morgan fingerprint density at radius 1 is 1.27 bits per heavy atom. The molecule has 1 nitrogen and oxygen atoms in total. The van der Waals surface area contributed by atoms with Crippen molar-refractivity contribution in [3.63, 3.8) is 0 Å². The second-order valence-electron chi connectivity index (χ2n) is 4.35. The number of benzene rings is 1. The van der Waals surface area contributed by atoms with Crippen LogP contribution in [0.4, 0.5) is 8.78 Å². The quantitative estimate of drug-likeness (QED) is 0.810. The molecule has 0 aliphatic heterocycles. The number of rotatable bonds is 3. The molecular weight excluding hydrogens is 196 g/mol. The van der Waals surface area contributed by atoms with Crippen molar-refractivity contribution in [3.05, 3.63) is 35.4 Å². The van der Waals surface area contributed by atoms with Gasteiger partial charge in [-0.25, -0.2) is 8.78 Å². The van der Waals surface area contributed by atoms with Gasteiger partial charge in [0.1, 0.15) is 11.6 Å². The van der Waals surface area contributed by atoms with Crippen molar-refractivity contribution in [1.29, 1.82) is 0 Å². The fourth-order valence-corrected chi connectivity index (χ4v) is 2.02. The second kappa shape index (κ2) is 4.27. The minimum atomic E-state index is -0.463. The minimum absolute atomic E-state index is 0.150. The summed E-state index contributed by atoms with van der Waals surface area (Å²) in [5.41, 5.74) is 0.150. The van der Waals surface area contributed by atoms with E-state index in [2.05, 4.69) is 12.2 Å². The van der Waals surface area contributed by atoms with Crippen LogP contribution in [0, 0.1) is 17.6 Å². The zero-order valence-corrected chi connectivity index (χ0v) is 8.76. The van der Waals surface area contributed by atoms with Crippen molar-refractivity contribution in [3.8, 4) is 0 Å². The van der Waals surface area contributed by atoms with E-state index in [-0.39, 0.29) is 12.1 Å². The summed E-state index contributed by atoms with van der Waals surface area (Å²) < 4.78 is 26.4. The van der Waals surface area contributed by atoms with Gasteiger partial charge in [-0.3, -0.25) is 0 Å². The number of hydrogen-bond donors (Lipinski definition) is 1. The van der Waals surface area contributed by atoms with Gasteiger partial charge in [-0.05, 0) is 30.9 Å². The van der Waals surface area contributed by atoms with E-state index < -0.39 is 11.6 Å². The zero-order valence-electron chi connectivity index (χ0n) is 8.76. The molecule has 1 saturated carbocycles. The predicted octanol–water partition coefficient (Wildman–Crippen LogP) is 2.85. The van der Waals surface area contributed by atoms with Gasteiger partial charge in [0.25, 0.3) is 0 Å². The third-order valence-corrected chi connectivity index (χ3v) is 3.00. The van der Waals surface area contributed by atoms with Crippen molar-refractivity contribution < 1.29 is 8.78 Å². The first kappa shape index (κ1) is 10.6. The van der Waals surface area contributed by atoms with E-state index in [9.17, 15) is 8.78 Å². The lowest BCUT2D eigenvalue weighted by Gasteiger charge is -2.33. The normalized spacial score (nSPS) is 25.0. The molecule has 1 aromatic rings. The Balaban J connectivity index is 1.93. The average Bonchev–Trinajstić information content (AvgIpc) is 2.14. The predicted molar refractivity (Wildman–Crippen MR) is 55.4 cm³/mol. The molecule has 0 aromatic heterocycles. The van der Waals surface area contributed by atoms with E-state index >= 15 is 0 Å². The SMILES string of the molecule is CC1CC(NCc2c(F)cccc2F)C1. The summed E-state index contributed by atoms with van der Waals surface area (Å²) in [7, 11) is 0. The largest absolute Gasteiger partial charge is 0.310 e. The summed E-state index contributed by atoms with van der Waals surface area (Å²) in [6, 6.07) is 4.41. The van der Waals surface area contributed by atoms with Gasteiger partial charge < -0.3 is 5.32 Å². The van der Waals surface area contributed by atoms with Crippen LogP contribution in [0.5, 0.6) is 0 Å². The molecule has 0 saturated heterocycles. The van der Waals surface area contributed by atoms with E-state index in [1.807, 2.05) is 0 Å². The average molecular weight is 211 g/mol. The maximum absolute atomic E-state index is 13.2. The third kappa shape index (κ3) is 2.34. The summed E-state index contributed by atoms with van der Waals surface area (Å²) in [4.78, 5) is 0. The van der Waals surface area contributed by atoms with Gasteiger partial charge in [-0.15, -0.1) is 0 Å². The van der Waals surface area contributed by atoms with Crippen LogP contribution in [-0.4, -0.2) is 6.04 Å². The molecule has 0 unspecified atom stereocenters. The first-order chi connectivity index (χ1) is 7.16. The minimum Gasteiger partial charge on any atom is -0.310 e. The van der Waals surface area contributed by atoms with Gasteiger partial charge in [0, 0.05) is 18.2 Å². The fraction of sp³-hybridized carbons (Fsp3) is 0.500. The molecule has 0 atom stereocenters. The van der Waals surface area contributed by atoms with E-state index in [0.29, 0.717) is 6.04 Å². The molecule has 1 aromatic carbocycles. The lowest BCUT2D eigenvalue weighted by atomic mass is 9.82. The number of hydrogen-bond acceptors (Lipinski definition) is 1. The summed E-state index contributed by atoms with van der Waals surface area (Å²) in [6.45, 7) is 2.47. The van der Waals surface area contributed by atoms with Crippen LogP contribution < -0.4 is 5.32 Å². The highest BCUT2D eigenvalue weighted by atomic mass is 19.1. The standard InChI is InChI=1S/C12H15F2N/c1-8-5-9(6-8)15-7-10-11(13)3-2-4-12(10)14/h2-4,8-9,15H,5-7H2,1H3. The fourth-order valence-electron chi connectivity index (χ4n) is 2.02. The van der Waals surface area contributed by atoms with Gasteiger partial charge >= 0.3 is 0 Å². The van der Waals surface area contributed by atoms with E-state index in [4.69, 9.17) is 0 Å². The Bertz CT molecular complexity index is 325. The summed E-state index contributed by atoms with van der Waals surface area (Å²) in [5, 5.41) is 3.17. The Morgan fingerprint density at radius 3 is 2.40 bits per heavy atom. The summed E-state index contributed by atoms with van der Waals surface area (Å²) in [5.74, 6) is -0.183. The summed E-state index contributed by atoms with van der Waals surface area (Å²) >= 11 is 0. The molecular formula is C12H15F2N. The van der Waals surface area contributed by atoms with Gasteiger partial charge in [0.2, 0.25) is 0 Å². The van der Waals surface area contributed by atoms with E-state index in [1.54, 1.807) is 0 Å². The molecule has 15 heavy (non-hydrogen) atoms. The topological polar surface area (TPSA) is 12.0 Å². The lowest BCUT2D eigenvalue weighted by Crippen LogP contribution is -2.39. The Kier molecular flexibility index (Phi) is 3.00. The van der Waals surface area contributed by atoms with Crippen molar-refractivity contribution in [2.75, 3.05) is 0 Å². The highest BCUT2D eigenvalue weighted by Gasteiger charge is 2.24. The third-order valence-electron chi connectivity index (χ3n) is 3.00. The molecule has 1 fully saturated rings. The van der Waals surface area contributed by atoms with Crippen LogP contribution in [0.3, 0.4) is 0 Å². The van der Waals surface area contributed by atoms with Crippen LogP contribution in [0.1, 0.15) is 25.3 Å². The Hall–Kier alpha value is -0.960. The molecule has 3 heteroatoms. The first-order valence-electron chi connectivity index (χ1n) is 5.33. The highest BCUT2D eigenvalue weighted by molar-refractivity contribution is 5.19. The van der Waals surface area contributed by atoms with Gasteiger partial charge in [-0.2, -0.15) is 0 Å². The Labute approximate surface area is 88.5 Å². The smallest absolute Gasteiger partial charge is 0.130 e. The van der Waals surface area contributed by atoms with Gasteiger partial charge in [0.15, 0.2) is 0 Å². The molecule has 0 heterocycles. The molecule has 2 rings (SSSR count). The van der Waals surface area contributed by atoms with Crippen LogP contribution in [0.2, 0.25) is 0 Å². The summed E-state index contributed by atoms with van der Waals surface area (Å²) in [6.07, 6.45) is 2.21. The zero-order chi connectivity index (χ0) is 10.8. The van der Waals surface area contributed by atoms with Gasteiger partial charge in [-0.1, -0.05) is 13.0 Å². The lowest BCUT2D eigenvalue weighted by molar-refractivity contribution is 0.238. The Morgan fingerprint density at radius 2 is 1.87 bits per heavy atom. The molecule has 82 valence electrons. The van der Waals surface area contributed by atoms with E-state index in [1.165, 1.54) is 18.2 Å². The van der Waals surface area contributed by atoms with Crippen LogP contribution in [0.15, 0.2) is 18.2 Å². The highest BCUT2D eigenvalue weighted by Crippen LogP contribution is 2.26. The van der Waals surface area contributed by atoms with Gasteiger partial charge in [0.05, 0.1) is 0 Å². The molecule has 1 aliphatic rings. The maximum atomic E-state index is 13.2. The number of nitrogens with one attached hydrogen (secondary N) is 1. The second-order valence-corrected chi connectivity index (χ2v) is 4.35. The first-order valence-corrected chi connectivity index (χ1v) is 5.33.